The Hall–Kier alpha value is -0.300. The minimum absolute atomic E-state index is 0.840. The third-order valence-electron chi connectivity index (χ3n) is 3.73. The van der Waals surface area contributed by atoms with Crippen molar-refractivity contribution < 1.29 is 0 Å². The summed E-state index contributed by atoms with van der Waals surface area (Å²) in [6.45, 7) is 6.82. The van der Waals surface area contributed by atoms with E-state index in [1.165, 1.54) is 62.7 Å². The molecule has 0 bridgehead atoms. The second-order valence-electron chi connectivity index (χ2n) is 5.49. The highest BCUT2D eigenvalue weighted by Crippen LogP contribution is 2.33. The predicted octanol–water partition coefficient (Wildman–Crippen LogP) is 6.69. The Balaban J connectivity index is 2.41. The van der Waals surface area contributed by atoms with Gasteiger partial charge in [0.25, 0.3) is 0 Å². The quantitative estimate of drug-likeness (QED) is 0.414. The first-order valence-corrected chi connectivity index (χ1v) is 8.65. The first-order chi connectivity index (χ1) is 8.77. The molecule has 1 aromatic heterocycles. The molecule has 0 saturated heterocycles. The fraction of sp³-hybridized carbons (Fsp3) is 0.765. The zero-order valence-corrected chi connectivity index (χ0v) is 13.3. The molecule has 0 saturated carbocycles. The van der Waals surface area contributed by atoms with E-state index < -0.39 is 0 Å². The molecule has 0 aromatic carbocycles. The van der Waals surface area contributed by atoms with Crippen LogP contribution < -0.4 is 0 Å². The molecular weight excluding hydrogens is 236 g/mol. The Labute approximate surface area is 118 Å². The molecule has 1 heterocycles. The number of rotatable bonds is 10. The van der Waals surface area contributed by atoms with E-state index in [0.29, 0.717) is 0 Å². The standard InChI is InChI=1S/C17H30S/c1-4-6-8-10-12-16(11-9-7-5-2)17-14-13-15(3)18-17/h13-14,16H,4-12H2,1-3H3. The van der Waals surface area contributed by atoms with Crippen molar-refractivity contribution in [2.45, 2.75) is 84.5 Å². The second-order valence-corrected chi connectivity index (χ2v) is 6.81. The summed E-state index contributed by atoms with van der Waals surface area (Å²) in [4.78, 5) is 3.11. The van der Waals surface area contributed by atoms with Gasteiger partial charge in [0, 0.05) is 9.75 Å². The lowest BCUT2D eigenvalue weighted by atomic mass is 9.93. The molecule has 0 fully saturated rings. The zero-order valence-electron chi connectivity index (χ0n) is 12.5. The summed E-state index contributed by atoms with van der Waals surface area (Å²) in [7, 11) is 0. The Morgan fingerprint density at radius 3 is 2.06 bits per heavy atom. The van der Waals surface area contributed by atoms with Crippen LogP contribution in [-0.4, -0.2) is 0 Å². The van der Waals surface area contributed by atoms with Crippen LogP contribution in [0.2, 0.25) is 0 Å². The van der Waals surface area contributed by atoms with Gasteiger partial charge in [-0.1, -0.05) is 58.8 Å². The van der Waals surface area contributed by atoms with Crippen LogP contribution in [0.15, 0.2) is 12.1 Å². The minimum atomic E-state index is 0.840. The highest BCUT2D eigenvalue weighted by Gasteiger charge is 2.12. The van der Waals surface area contributed by atoms with Crippen molar-refractivity contribution in [2.24, 2.45) is 0 Å². The summed E-state index contributed by atoms with van der Waals surface area (Å²) < 4.78 is 0. The number of hydrogen-bond donors (Lipinski definition) is 0. The summed E-state index contributed by atoms with van der Waals surface area (Å²) >= 11 is 2.02. The SMILES string of the molecule is CCCCCCC(CCCCC)c1ccc(C)s1. The van der Waals surface area contributed by atoms with Crippen molar-refractivity contribution in [1.29, 1.82) is 0 Å². The zero-order chi connectivity index (χ0) is 13.2. The molecule has 1 heteroatoms. The maximum atomic E-state index is 2.37. The Kier molecular flexibility index (Phi) is 8.41. The van der Waals surface area contributed by atoms with E-state index >= 15 is 0 Å². The van der Waals surface area contributed by atoms with Crippen molar-refractivity contribution in [3.8, 4) is 0 Å². The van der Waals surface area contributed by atoms with E-state index in [-0.39, 0.29) is 0 Å². The molecule has 1 atom stereocenters. The van der Waals surface area contributed by atoms with Crippen molar-refractivity contribution in [1.82, 2.24) is 0 Å². The average molecular weight is 266 g/mol. The molecule has 0 aliphatic rings. The van der Waals surface area contributed by atoms with Gasteiger partial charge in [-0.15, -0.1) is 11.3 Å². The van der Waals surface area contributed by atoms with E-state index in [4.69, 9.17) is 0 Å². The third kappa shape index (κ3) is 6.04. The number of thiophene rings is 1. The van der Waals surface area contributed by atoms with Crippen LogP contribution in [0.5, 0.6) is 0 Å². The van der Waals surface area contributed by atoms with Crippen molar-refractivity contribution in [3.63, 3.8) is 0 Å². The van der Waals surface area contributed by atoms with E-state index in [1.807, 2.05) is 11.3 Å². The van der Waals surface area contributed by atoms with Gasteiger partial charge in [0.2, 0.25) is 0 Å². The minimum Gasteiger partial charge on any atom is -0.145 e. The molecular formula is C17H30S. The second kappa shape index (κ2) is 9.61. The van der Waals surface area contributed by atoms with Crippen LogP contribution >= 0.6 is 11.3 Å². The normalized spacial score (nSPS) is 12.8. The van der Waals surface area contributed by atoms with Crippen LogP contribution in [0.4, 0.5) is 0 Å². The lowest BCUT2D eigenvalue weighted by Crippen LogP contribution is -1.97. The summed E-state index contributed by atoms with van der Waals surface area (Å²) in [6.07, 6.45) is 12.5. The molecule has 18 heavy (non-hydrogen) atoms. The van der Waals surface area contributed by atoms with Gasteiger partial charge < -0.3 is 0 Å². The van der Waals surface area contributed by atoms with E-state index in [1.54, 1.807) is 4.88 Å². The fourth-order valence-corrected chi connectivity index (χ4v) is 3.61. The largest absolute Gasteiger partial charge is 0.145 e. The lowest BCUT2D eigenvalue weighted by Gasteiger charge is -2.15. The lowest BCUT2D eigenvalue weighted by molar-refractivity contribution is 0.506. The highest BCUT2D eigenvalue weighted by molar-refractivity contribution is 7.12. The molecule has 0 spiro atoms. The first kappa shape index (κ1) is 15.8. The van der Waals surface area contributed by atoms with Gasteiger partial charge in [-0.25, -0.2) is 0 Å². The number of aryl methyl sites for hydroxylation is 1. The van der Waals surface area contributed by atoms with E-state index in [2.05, 4.69) is 32.9 Å². The van der Waals surface area contributed by atoms with E-state index in [0.717, 1.165) is 5.92 Å². The van der Waals surface area contributed by atoms with Crippen LogP contribution in [0, 0.1) is 6.92 Å². The fourth-order valence-electron chi connectivity index (χ4n) is 2.56. The van der Waals surface area contributed by atoms with Crippen LogP contribution in [0.1, 0.15) is 87.3 Å². The molecule has 0 aliphatic carbocycles. The Bertz CT molecular complexity index is 300. The molecule has 1 aromatic rings. The summed E-state index contributed by atoms with van der Waals surface area (Å²) in [5.41, 5.74) is 0. The van der Waals surface area contributed by atoms with Gasteiger partial charge in [-0.2, -0.15) is 0 Å². The maximum Gasteiger partial charge on any atom is 0.00790 e. The monoisotopic (exact) mass is 266 g/mol. The highest BCUT2D eigenvalue weighted by atomic mass is 32.1. The topological polar surface area (TPSA) is 0 Å². The van der Waals surface area contributed by atoms with Crippen molar-refractivity contribution in [2.75, 3.05) is 0 Å². The van der Waals surface area contributed by atoms with Crippen LogP contribution in [0.25, 0.3) is 0 Å². The average Bonchev–Trinajstić information content (AvgIpc) is 2.79. The summed E-state index contributed by atoms with van der Waals surface area (Å²) in [5.74, 6) is 0.840. The van der Waals surface area contributed by atoms with Gasteiger partial charge in [0.15, 0.2) is 0 Å². The third-order valence-corrected chi connectivity index (χ3v) is 4.89. The van der Waals surface area contributed by atoms with Gasteiger partial charge >= 0.3 is 0 Å². The summed E-state index contributed by atoms with van der Waals surface area (Å²) in [5, 5.41) is 0. The van der Waals surface area contributed by atoms with Crippen molar-refractivity contribution >= 4 is 11.3 Å². The molecule has 0 nitrogen and oxygen atoms in total. The van der Waals surface area contributed by atoms with Gasteiger partial charge in [-0.3, -0.25) is 0 Å². The molecule has 104 valence electrons. The molecule has 0 aliphatic heterocycles. The molecule has 1 unspecified atom stereocenters. The maximum absolute atomic E-state index is 2.37. The summed E-state index contributed by atoms with van der Waals surface area (Å²) in [6, 6.07) is 4.66. The Morgan fingerprint density at radius 1 is 0.889 bits per heavy atom. The first-order valence-electron chi connectivity index (χ1n) is 7.84. The predicted molar refractivity (Wildman–Crippen MR) is 84.7 cm³/mol. The molecule has 1 rings (SSSR count). The van der Waals surface area contributed by atoms with Gasteiger partial charge in [-0.05, 0) is 37.8 Å². The number of unbranched alkanes of at least 4 members (excludes halogenated alkanes) is 5. The molecule has 0 radical (unpaired) electrons. The van der Waals surface area contributed by atoms with Crippen LogP contribution in [0.3, 0.4) is 0 Å². The molecule has 0 N–H and O–H groups in total. The smallest absolute Gasteiger partial charge is 0.00790 e. The van der Waals surface area contributed by atoms with Gasteiger partial charge in [0.1, 0.15) is 0 Å². The number of hydrogen-bond acceptors (Lipinski definition) is 1. The van der Waals surface area contributed by atoms with Crippen molar-refractivity contribution in [3.05, 3.63) is 21.9 Å². The van der Waals surface area contributed by atoms with Gasteiger partial charge in [0.05, 0.1) is 0 Å². The molecule has 0 amide bonds. The Morgan fingerprint density at radius 2 is 1.50 bits per heavy atom. The van der Waals surface area contributed by atoms with E-state index in [9.17, 15) is 0 Å². The van der Waals surface area contributed by atoms with Crippen LogP contribution in [-0.2, 0) is 0 Å².